The van der Waals surface area contributed by atoms with Crippen molar-refractivity contribution in [3.05, 3.63) is 28.3 Å². The molecule has 2 aliphatic rings. The zero-order valence-corrected chi connectivity index (χ0v) is 9.79. The van der Waals surface area contributed by atoms with E-state index in [9.17, 15) is 9.90 Å². The van der Waals surface area contributed by atoms with Crippen LogP contribution < -0.4 is 4.74 Å². The molecule has 1 saturated carbocycles. The lowest BCUT2D eigenvalue weighted by atomic mass is 9.93. The molecule has 0 radical (unpaired) electrons. The Morgan fingerprint density at radius 3 is 2.82 bits per heavy atom. The van der Waals surface area contributed by atoms with Crippen LogP contribution in [0.15, 0.2) is 12.1 Å². The van der Waals surface area contributed by atoms with Gasteiger partial charge in [-0.25, -0.2) is 0 Å². The van der Waals surface area contributed by atoms with E-state index in [1.54, 1.807) is 12.1 Å². The van der Waals surface area contributed by atoms with E-state index in [2.05, 4.69) is 0 Å². The second kappa shape index (κ2) is 3.62. The van der Waals surface area contributed by atoms with Crippen LogP contribution in [0.2, 0.25) is 5.02 Å². The highest BCUT2D eigenvalue weighted by molar-refractivity contribution is 6.30. The maximum absolute atomic E-state index is 11.4. The van der Waals surface area contributed by atoms with Crippen molar-refractivity contribution in [2.45, 2.75) is 24.9 Å². The minimum absolute atomic E-state index is 0.164. The van der Waals surface area contributed by atoms with Gasteiger partial charge in [0.25, 0.3) is 0 Å². The van der Waals surface area contributed by atoms with Crippen LogP contribution in [0.25, 0.3) is 0 Å². The van der Waals surface area contributed by atoms with Gasteiger partial charge in [-0.05, 0) is 25.0 Å². The third-order valence-corrected chi connectivity index (χ3v) is 3.57. The van der Waals surface area contributed by atoms with Crippen molar-refractivity contribution >= 4 is 17.6 Å². The standard InChI is InChI=1S/C12H11ClO4/c13-8-3-7-5-16-6-17-10(7)9(4-8)12(1-2-12)11(14)15/h3-4H,1-2,5-6H2,(H,14,15). The predicted octanol–water partition coefficient (Wildman–Crippen LogP) is 2.32. The Bertz CT molecular complexity index is 494. The van der Waals surface area contributed by atoms with Crippen molar-refractivity contribution < 1.29 is 19.4 Å². The summed E-state index contributed by atoms with van der Waals surface area (Å²) < 4.78 is 10.6. The van der Waals surface area contributed by atoms with Gasteiger partial charge in [-0.2, -0.15) is 0 Å². The number of hydrogen-bond donors (Lipinski definition) is 1. The highest BCUT2D eigenvalue weighted by atomic mass is 35.5. The summed E-state index contributed by atoms with van der Waals surface area (Å²) in [7, 11) is 0. The van der Waals surface area contributed by atoms with Crippen LogP contribution in [0.5, 0.6) is 5.75 Å². The zero-order valence-electron chi connectivity index (χ0n) is 9.03. The SMILES string of the molecule is O=C(O)C1(c2cc(Cl)cc3c2OCOC3)CC1. The number of rotatable bonds is 2. The summed E-state index contributed by atoms with van der Waals surface area (Å²) in [6, 6.07) is 3.46. The number of benzene rings is 1. The van der Waals surface area contributed by atoms with Gasteiger partial charge in [0, 0.05) is 16.1 Å². The Labute approximate surface area is 103 Å². The van der Waals surface area contributed by atoms with Crippen LogP contribution >= 0.6 is 11.6 Å². The molecule has 1 aromatic rings. The van der Waals surface area contributed by atoms with Crippen LogP contribution in [0.4, 0.5) is 0 Å². The van der Waals surface area contributed by atoms with Crippen molar-refractivity contribution in [3.63, 3.8) is 0 Å². The minimum Gasteiger partial charge on any atom is -0.481 e. The smallest absolute Gasteiger partial charge is 0.314 e. The van der Waals surface area contributed by atoms with Crippen LogP contribution in [0.3, 0.4) is 0 Å². The number of carbonyl (C=O) groups is 1. The van der Waals surface area contributed by atoms with Gasteiger partial charge < -0.3 is 14.6 Å². The molecule has 0 aromatic heterocycles. The van der Waals surface area contributed by atoms with Gasteiger partial charge in [0.2, 0.25) is 0 Å². The Morgan fingerprint density at radius 2 is 2.18 bits per heavy atom. The van der Waals surface area contributed by atoms with Crippen LogP contribution in [0.1, 0.15) is 24.0 Å². The fraction of sp³-hybridized carbons (Fsp3) is 0.417. The van der Waals surface area contributed by atoms with E-state index in [0.29, 0.717) is 35.8 Å². The van der Waals surface area contributed by atoms with E-state index < -0.39 is 11.4 Å². The molecule has 1 aliphatic carbocycles. The van der Waals surface area contributed by atoms with Gasteiger partial charge in [0.1, 0.15) is 5.75 Å². The first kappa shape index (κ1) is 10.9. The molecule has 0 spiro atoms. The second-order valence-electron chi connectivity index (χ2n) is 4.44. The molecule has 1 aliphatic heterocycles. The molecule has 0 saturated heterocycles. The van der Waals surface area contributed by atoms with Crippen LogP contribution in [-0.2, 0) is 21.6 Å². The van der Waals surface area contributed by atoms with E-state index in [1.165, 1.54) is 0 Å². The van der Waals surface area contributed by atoms with E-state index >= 15 is 0 Å². The van der Waals surface area contributed by atoms with Gasteiger partial charge in [-0.1, -0.05) is 11.6 Å². The monoisotopic (exact) mass is 254 g/mol. The molecule has 5 heteroatoms. The molecular weight excluding hydrogens is 244 g/mol. The Morgan fingerprint density at radius 1 is 1.41 bits per heavy atom. The van der Waals surface area contributed by atoms with Crippen molar-refractivity contribution in [2.24, 2.45) is 0 Å². The molecular formula is C12H11ClO4. The number of ether oxygens (including phenoxy) is 2. The fourth-order valence-corrected chi connectivity index (χ4v) is 2.50. The maximum atomic E-state index is 11.4. The molecule has 1 heterocycles. The second-order valence-corrected chi connectivity index (χ2v) is 4.88. The summed E-state index contributed by atoms with van der Waals surface area (Å²) >= 11 is 6.02. The summed E-state index contributed by atoms with van der Waals surface area (Å²) in [5.74, 6) is -0.169. The highest BCUT2D eigenvalue weighted by Crippen LogP contribution is 2.53. The first-order valence-electron chi connectivity index (χ1n) is 5.40. The van der Waals surface area contributed by atoms with Gasteiger partial charge >= 0.3 is 5.97 Å². The Balaban J connectivity index is 2.16. The normalized spacial score (nSPS) is 20.3. The topological polar surface area (TPSA) is 55.8 Å². The molecule has 90 valence electrons. The number of carboxylic acid groups (broad SMARTS) is 1. The summed E-state index contributed by atoms with van der Waals surface area (Å²) in [4.78, 5) is 11.4. The molecule has 1 aromatic carbocycles. The highest BCUT2D eigenvalue weighted by Gasteiger charge is 2.54. The third kappa shape index (κ3) is 1.59. The Kier molecular flexibility index (Phi) is 2.31. The van der Waals surface area contributed by atoms with E-state index in [4.69, 9.17) is 21.1 Å². The van der Waals surface area contributed by atoms with E-state index in [-0.39, 0.29) is 6.79 Å². The maximum Gasteiger partial charge on any atom is 0.314 e. The number of carboxylic acids is 1. The average Bonchev–Trinajstić information content (AvgIpc) is 3.09. The zero-order chi connectivity index (χ0) is 12.0. The first-order valence-corrected chi connectivity index (χ1v) is 5.78. The summed E-state index contributed by atoms with van der Waals surface area (Å²) in [5.41, 5.74) is 0.717. The van der Waals surface area contributed by atoms with Gasteiger partial charge in [-0.15, -0.1) is 0 Å². The van der Waals surface area contributed by atoms with E-state index in [1.807, 2.05) is 0 Å². The summed E-state index contributed by atoms with van der Waals surface area (Å²) in [5, 5.41) is 9.85. The molecule has 1 fully saturated rings. The lowest BCUT2D eigenvalue weighted by molar-refractivity contribution is -0.140. The van der Waals surface area contributed by atoms with Gasteiger partial charge in [0.15, 0.2) is 6.79 Å². The quantitative estimate of drug-likeness (QED) is 0.880. The van der Waals surface area contributed by atoms with Gasteiger partial charge in [-0.3, -0.25) is 4.79 Å². The average molecular weight is 255 g/mol. The molecule has 0 unspecified atom stereocenters. The van der Waals surface area contributed by atoms with Crippen molar-refractivity contribution in [1.29, 1.82) is 0 Å². The van der Waals surface area contributed by atoms with Gasteiger partial charge in [0.05, 0.1) is 12.0 Å². The van der Waals surface area contributed by atoms with Crippen molar-refractivity contribution in [1.82, 2.24) is 0 Å². The number of aliphatic carboxylic acids is 1. The van der Waals surface area contributed by atoms with Crippen molar-refractivity contribution in [3.8, 4) is 5.75 Å². The Hall–Kier alpha value is -1.26. The van der Waals surface area contributed by atoms with Crippen molar-refractivity contribution in [2.75, 3.05) is 6.79 Å². The summed E-state index contributed by atoms with van der Waals surface area (Å²) in [6.07, 6.45) is 1.28. The molecule has 0 amide bonds. The van der Waals surface area contributed by atoms with E-state index in [0.717, 1.165) is 5.56 Å². The molecule has 1 N–H and O–H groups in total. The molecule has 4 nitrogen and oxygen atoms in total. The number of halogens is 1. The predicted molar refractivity (Wildman–Crippen MR) is 60.3 cm³/mol. The first-order chi connectivity index (χ1) is 8.13. The largest absolute Gasteiger partial charge is 0.481 e. The molecule has 17 heavy (non-hydrogen) atoms. The van der Waals surface area contributed by atoms with Crippen LogP contribution in [-0.4, -0.2) is 17.9 Å². The lowest BCUT2D eigenvalue weighted by Crippen LogP contribution is -2.23. The number of fused-ring (bicyclic) bond motifs is 1. The fourth-order valence-electron chi connectivity index (χ4n) is 2.26. The van der Waals surface area contributed by atoms with Crippen LogP contribution in [0, 0.1) is 0 Å². The third-order valence-electron chi connectivity index (χ3n) is 3.35. The molecule has 0 bridgehead atoms. The molecule has 0 atom stereocenters. The summed E-state index contributed by atoms with van der Waals surface area (Å²) in [6.45, 7) is 0.579. The minimum atomic E-state index is -0.808. The number of hydrogen-bond acceptors (Lipinski definition) is 3. The lowest BCUT2D eigenvalue weighted by Gasteiger charge is -2.23. The molecule has 3 rings (SSSR count).